The van der Waals surface area contributed by atoms with Crippen molar-refractivity contribution in [3.63, 3.8) is 0 Å². The van der Waals surface area contributed by atoms with Gasteiger partial charge in [0, 0.05) is 28.7 Å². The van der Waals surface area contributed by atoms with Crippen molar-refractivity contribution >= 4 is 12.0 Å². The maximum atomic E-state index is 13.1. The van der Waals surface area contributed by atoms with E-state index >= 15 is 0 Å². The van der Waals surface area contributed by atoms with E-state index in [2.05, 4.69) is 13.8 Å². The molecule has 204 valence electrons. The standard InChI is InChI=1S/C31H32O8/c1-17-13-20-14-22(34-3)29(35-4)27(33)25(20)26-21(15-23-30(31(26)36-5)38-16-37-23)28(18(17)2)39-24(32)12-11-19-9-7-6-8-10-19/h6-12,14-15,17-18,28,33H,13,16H2,1-5H3/t17-,18-,28+/m1/s1. The lowest BCUT2D eigenvalue weighted by Crippen LogP contribution is -2.26. The van der Waals surface area contributed by atoms with Crippen molar-refractivity contribution in [1.82, 2.24) is 0 Å². The van der Waals surface area contributed by atoms with E-state index in [9.17, 15) is 9.90 Å². The number of hydrogen-bond donors (Lipinski definition) is 1. The van der Waals surface area contributed by atoms with Crippen LogP contribution in [0.25, 0.3) is 17.2 Å². The molecule has 8 heteroatoms. The van der Waals surface area contributed by atoms with Crippen LogP contribution in [0.15, 0.2) is 48.5 Å². The second-order valence-corrected chi connectivity index (χ2v) is 9.74. The number of hydrogen-bond acceptors (Lipinski definition) is 8. The highest BCUT2D eigenvalue weighted by Gasteiger charge is 2.39. The summed E-state index contributed by atoms with van der Waals surface area (Å²) in [6, 6.07) is 13.2. The van der Waals surface area contributed by atoms with Gasteiger partial charge in [-0.05, 0) is 41.7 Å². The molecule has 0 bridgehead atoms. The van der Waals surface area contributed by atoms with Gasteiger partial charge in [0.2, 0.25) is 18.3 Å². The Morgan fingerprint density at radius 1 is 0.974 bits per heavy atom. The fraction of sp³-hybridized carbons (Fsp3) is 0.323. The molecule has 0 saturated carbocycles. The third-order valence-corrected chi connectivity index (χ3v) is 7.51. The monoisotopic (exact) mass is 532 g/mol. The lowest BCUT2D eigenvalue weighted by molar-refractivity contribution is -0.146. The third-order valence-electron chi connectivity index (χ3n) is 7.51. The zero-order chi connectivity index (χ0) is 27.7. The summed E-state index contributed by atoms with van der Waals surface area (Å²) in [4.78, 5) is 13.1. The molecule has 0 saturated heterocycles. The zero-order valence-electron chi connectivity index (χ0n) is 22.6. The molecule has 1 N–H and O–H groups in total. The highest BCUT2D eigenvalue weighted by molar-refractivity contribution is 5.90. The minimum atomic E-state index is -0.674. The predicted molar refractivity (Wildman–Crippen MR) is 146 cm³/mol. The summed E-state index contributed by atoms with van der Waals surface area (Å²) in [7, 11) is 4.53. The van der Waals surface area contributed by atoms with Crippen LogP contribution in [0.2, 0.25) is 0 Å². The van der Waals surface area contributed by atoms with E-state index in [1.54, 1.807) is 6.08 Å². The first kappa shape index (κ1) is 26.3. The summed E-state index contributed by atoms with van der Waals surface area (Å²) in [6.07, 6.45) is 3.05. The summed E-state index contributed by atoms with van der Waals surface area (Å²) < 4.78 is 34.6. The molecule has 1 heterocycles. The fourth-order valence-corrected chi connectivity index (χ4v) is 5.35. The molecule has 1 aliphatic carbocycles. The molecule has 1 aliphatic heterocycles. The molecule has 3 aromatic carbocycles. The topological polar surface area (TPSA) is 92.7 Å². The average Bonchev–Trinajstić information content (AvgIpc) is 3.42. The van der Waals surface area contributed by atoms with Gasteiger partial charge in [-0.3, -0.25) is 0 Å². The number of rotatable bonds is 6. The molecule has 39 heavy (non-hydrogen) atoms. The van der Waals surface area contributed by atoms with Gasteiger partial charge < -0.3 is 33.5 Å². The van der Waals surface area contributed by atoms with Crippen molar-refractivity contribution < 1.29 is 38.3 Å². The molecule has 0 unspecified atom stereocenters. The van der Waals surface area contributed by atoms with E-state index in [4.69, 9.17) is 28.4 Å². The van der Waals surface area contributed by atoms with Gasteiger partial charge in [-0.15, -0.1) is 0 Å². The molecular weight excluding hydrogens is 500 g/mol. The highest BCUT2D eigenvalue weighted by atomic mass is 16.7. The van der Waals surface area contributed by atoms with Crippen LogP contribution in [-0.2, 0) is 16.0 Å². The van der Waals surface area contributed by atoms with Crippen LogP contribution in [-0.4, -0.2) is 39.2 Å². The number of fused-ring (bicyclic) bond motifs is 4. The van der Waals surface area contributed by atoms with E-state index in [0.29, 0.717) is 46.1 Å². The van der Waals surface area contributed by atoms with Crippen LogP contribution in [0.1, 0.15) is 36.6 Å². The van der Waals surface area contributed by atoms with Crippen LogP contribution >= 0.6 is 0 Å². The SMILES string of the molecule is COc1cc2c(c(O)c1OC)-c1c(cc3c(c1OC)OCO3)[C@@H](OC(=O)C=Cc1ccccc1)[C@H](C)[C@H](C)C2. The number of phenols is 1. The van der Waals surface area contributed by atoms with E-state index in [1.165, 1.54) is 27.4 Å². The van der Waals surface area contributed by atoms with Crippen molar-refractivity contribution in [2.75, 3.05) is 28.1 Å². The van der Waals surface area contributed by atoms with Gasteiger partial charge >= 0.3 is 5.97 Å². The van der Waals surface area contributed by atoms with Crippen molar-refractivity contribution in [2.45, 2.75) is 26.4 Å². The second kappa shape index (κ2) is 10.8. The van der Waals surface area contributed by atoms with E-state index in [1.807, 2.05) is 42.5 Å². The molecule has 0 amide bonds. The lowest BCUT2D eigenvalue weighted by atomic mass is 9.76. The number of aromatic hydroxyl groups is 1. The first-order chi connectivity index (χ1) is 18.9. The zero-order valence-corrected chi connectivity index (χ0v) is 22.6. The largest absolute Gasteiger partial charge is 0.504 e. The van der Waals surface area contributed by atoms with Gasteiger partial charge in [-0.25, -0.2) is 4.79 Å². The van der Waals surface area contributed by atoms with Crippen LogP contribution < -0.4 is 23.7 Å². The van der Waals surface area contributed by atoms with Crippen molar-refractivity contribution in [3.05, 3.63) is 65.2 Å². The average molecular weight is 533 g/mol. The number of ether oxygens (including phenoxy) is 6. The first-order valence-electron chi connectivity index (χ1n) is 12.8. The van der Waals surface area contributed by atoms with Crippen LogP contribution in [0.4, 0.5) is 0 Å². The fourth-order valence-electron chi connectivity index (χ4n) is 5.35. The van der Waals surface area contributed by atoms with E-state index in [0.717, 1.165) is 11.1 Å². The molecule has 0 fully saturated rings. The normalized spacial score (nSPS) is 19.5. The Morgan fingerprint density at radius 3 is 2.41 bits per heavy atom. The Kier molecular flexibility index (Phi) is 7.28. The smallest absolute Gasteiger partial charge is 0.331 e. The Bertz CT molecular complexity index is 1410. The molecule has 2 aliphatic rings. The molecular formula is C31H32O8. The van der Waals surface area contributed by atoms with Crippen LogP contribution in [0.5, 0.6) is 34.5 Å². The van der Waals surface area contributed by atoms with E-state index < -0.39 is 12.1 Å². The van der Waals surface area contributed by atoms with Gasteiger partial charge in [0.15, 0.2) is 23.0 Å². The number of carbonyl (C=O) groups is 1. The van der Waals surface area contributed by atoms with Crippen molar-refractivity contribution in [1.29, 1.82) is 0 Å². The van der Waals surface area contributed by atoms with Gasteiger partial charge in [0.25, 0.3) is 0 Å². The Hall–Kier alpha value is -4.33. The van der Waals surface area contributed by atoms with E-state index in [-0.39, 0.29) is 30.1 Å². The number of phenolic OH excluding ortho intramolecular Hbond substituents is 1. The van der Waals surface area contributed by atoms with Gasteiger partial charge in [0.05, 0.1) is 21.3 Å². The number of carbonyl (C=O) groups excluding carboxylic acids is 1. The number of benzene rings is 3. The highest BCUT2D eigenvalue weighted by Crippen LogP contribution is 2.58. The Labute approximate surface area is 227 Å². The van der Waals surface area contributed by atoms with Crippen LogP contribution in [0, 0.1) is 11.8 Å². The number of methoxy groups -OCH3 is 3. The second-order valence-electron chi connectivity index (χ2n) is 9.74. The van der Waals surface area contributed by atoms with Gasteiger partial charge in [-0.2, -0.15) is 0 Å². The summed E-state index contributed by atoms with van der Waals surface area (Å²) in [5, 5.41) is 11.6. The molecule has 8 nitrogen and oxygen atoms in total. The van der Waals surface area contributed by atoms with Crippen LogP contribution in [0.3, 0.4) is 0 Å². The lowest BCUT2D eigenvalue weighted by Gasteiger charge is -2.34. The maximum Gasteiger partial charge on any atom is 0.331 e. The number of esters is 1. The minimum absolute atomic E-state index is 0.0234. The molecule has 0 aromatic heterocycles. The molecule has 5 rings (SSSR count). The summed E-state index contributed by atoms with van der Waals surface area (Å²) in [5.41, 5.74) is 3.44. The molecule has 3 aromatic rings. The molecule has 0 spiro atoms. The van der Waals surface area contributed by atoms with Gasteiger partial charge in [0.1, 0.15) is 6.10 Å². The molecule has 0 radical (unpaired) electrons. The minimum Gasteiger partial charge on any atom is -0.504 e. The third kappa shape index (κ3) is 4.71. The summed E-state index contributed by atoms with van der Waals surface area (Å²) in [5.74, 6) is 1.27. The maximum absolute atomic E-state index is 13.1. The first-order valence-corrected chi connectivity index (χ1v) is 12.8. The summed E-state index contributed by atoms with van der Waals surface area (Å²) >= 11 is 0. The quantitative estimate of drug-likeness (QED) is 0.308. The molecule has 3 atom stereocenters. The Morgan fingerprint density at radius 2 is 1.72 bits per heavy atom. The Balaban J connectivity index is 1.71. The predicted octanol–water partition coefficient (Wildman–Crippen LogP) is 5.94. The van der Waals surface area contributed by atoms with Crippen molar-refractivity contribution in [2.24, 2.45) is 11.8 Å². The van der Waals surface area contributed by atoms with Gasteiger partial charge in [-0.1, -0.05) is 44.2 Å². The van der Waals surface area contributed by atoms with Crippen molar-refractivity contribution in [3.8, 4) is 45.6 Å². The summed E-state index contributed by atoms with van der Waals surface area (Å²) in [6.45, 7) is 4.17.